The lowest BCUT2D eigenvalue weighted by atomic mass is 10.0. The summed E-state index contributed by atoms with van der Waals surface area (Å²) in [6, 6.07) is 4.89. The molecule has 1 heterocycles. The number of hydrogen-bond acceptors (Lipinski definition) is 3. The van der Waals surface area contributed by atoms with E-state index in [9.17, 15) is 18.0 Å². The second-order valence-corrected chi connectivity index (χ2v) is 4.52. The third kappa shape index (κ3) is 2.76. The van der Waals surface area contributed by atoms with E-state index in [0.717, 1.165) is 12.1 Å². The first-order chi connectivity index (χ1) is 9.75. The van der Waals surface area contributed by atoms with E-state index in [4.69, 9.17) is 0 Å². The van der Waals surface area contributed by atoms with Crippen LogP contribution in [0.3, 0.4) is 0 Å². The van der Waals surface area contributed by atoms with Crippen LogP contribution in [0.5, 0.6) is 0 Å². The van der Waals surface area contributed by atoms with Crippen molar-refractivity contribution in [2.24, 2.45) is 7.05 Å². The monoisotopic (exact) mass is 298 g/mol. The minimum atomic E-state index is -4.42. The lowest BCUT2D eigenvalue weighted by molar-refractivity contribution is -0.137. The smallest absolute Gasteiger partial charge is 0.416 e. The van der Waals surface area contributed by atoms with E-state index < -0.39 is 17.7 Å². The number of aryl methyl sites for hydroxylation is 1. The van der Waals surface area contributed by atoms with Gasteiger partial charge in [-0.25, -0.2) is 4.79 Å². The summed E-state index contributed by atoms with van der Waals surface area (Å²) >= 11 is 0. The van der Waals surface area contributed by atoms with Gasteiger partial charge in [0.05, 0.1) is 18.4 Å². The molecule has 0 aliphatic rings. The summed E-state index contributed by atoms with van der Waals surface area (Å²) in [4.78, 5) is 11.6. The maximum Gasteiger partial charge on any atom is 0.416 e. The molecule has 0 unspecified atom stereocenters. The first-order valence-electron chi connectivity index (χ1n) is 6.05. The maximum atomic E-state index is 12.8. The third-order valence-electron chi connectivity index (χ3n) is 3.13. The molecule has 7 heteroatoms. The van der Waals surface area contributed by atoms with Crippen LogP contribution in [-0.4, -0.2) is 22.9 Å². The van der Waals surface area contributed by atoms with Crippen LogP contribution < -0.4 is 0 Å². The lowest BCUT2D eigenvalue weighted by Crippen LogP contribution is -2.05. The minimum Gasteiger partial charge on any atom is -0.464 e. The van der Waals surface area contributed by atoms with Crippen molar-refractivity contribution >= 4 is 5.97 Å². The Bertz CT molecular complexity index is 690. The quantitative estimate of drug-likeness (QED) is 0.800. The average molecular weight is 298 g/mol. The molecule has 0 aliphatic carbocycles. The Balaban J connectivity index is 2.58. The average Bonchev–Trinajstić information content (AvgIpc) is 2.72. The molecule has 1 aromatic carbocycles. The number of alkyl halides is 3. The second kappa shape index (κ2) is 5.23. The van der Waals surface area contributed by atoms with Crippen LogP contribution in [0.15, 0.2) is 24.3 Å². The molecule has 2 rings (SSSR count). The largest absolute Gasteiger partial charge is 0.464 e. The van der Waals surface area contributed by atoms with Crippen molar-refractivity contribution in [1.82, 2.24) is 9.78 Å². The number of carbonyl (C=O) groups excluding carboxylic acids is 1. The molecule has 4 nitrogen and oxygen atoms in total. The van der Waals surface area contributed by atoms with E-state index in [1.54, 1.807) is 20.0 Å². The van der Waals surface area contributed by atoms with Crippen molar-refractivity contribution in [2.75, 3.05) is 7.11 Å². The summed E-state index contributed by atoms with van der Waals surface area (Å²) in [5, 5.41) is 4.01. The number of esters is 1. The van der Waals surface area contributed by atoms with E-state index in [2.05, 4.69) is 9.84 Å². The Morgan fingerprint density at radius 2 is 2.00 bits per heavy atom. The van der Waals surface area contributed by atoms with Crippen molar-refractivity contribution in [2.45, 2.75) is 13.1 Å². The standard InChI is InChI=1S/C14H13F3N2O2/c1-8-11(13(20)21-3)18-19(2)12(8)9-5-4-6-10(7-9)14(15,16)17/h4-7H,1-3H3. The molecule has 1 aromatic heterocycles. The number of ether oxygens (including phenoxy) is 1. The molecule has 0 radical (unpaired) electrons. The van der Waals surface area contributed by atoms with Gasteiger partial charge in [-0.05, 0) is 19.1 Å². The molecule has 0 atom stereocenters. The molecule has 21 heavy (non-hydrogen) atoms. The Hall–Kier alpha value is -2.31. The summed E-state index contributed by atoms with van der Waals surface area (Å²) in [5.41, 5.74) is 0.602. The fourth-order valence-corrected chi connectivity index (χ4v) is 2.17. The minimum absolute atomic E-state index is 0.0902. The van der Waals surface area contributed by atoms with Crippen LogP contribution in [-0.2, 0) is 18.0 Å². The Labute approximate surface area is 119 Å². The molecule has 112 valence electrons. The van der Waals surface area contributed by atoms with E-state index >= 15 is 0 Å². The SMILES string of the molecule is COC(=O)c1nn(C)c(-c2cccc(C(F)(F)F)c2)c1C. The summed E-state index contributed by atoms with van der Waals surface area (Å²) in [7, 11) is 2.79. The van der Waals surface area contributed by atoms with Gasteiger partial charge < -0.3 is 4.74 Å². The Morgan fingerprint density at radius 3 is 2.57 bits per heavy atom. The van der Waals surface area contributed by atoms with E-state index in [1.165, 1.54) is 17.9 Å². The fraction of sp³-hybridized carbons (Fsp3) is 0.286. The topological polar surface area (TPSA) is 44.1 Å². The molecule has 0 N–H and O–H groups in total. The number of halogens is 3. The highest BCUT2D eigenvalue weighted by Crippen LogP contribution is 2.33. The van der Waals surface area contributed by atoms with Gasteiger partial charge >= 0.3 is 12.1 Å². The van der Waals surface area contributed by atoms with Crippen molar-refractivity contribution in [3.63, 3.8) is 0 Å². The van der Waals surface area contributed by atoms with Gasteiger partial charge in [0.2, 0.25) is 0 Å². The number of hydrogen-bond donors (Lipinski definition) is 0. The molecule has 0 amide bonds. The van der Waals surface area contributed by atoms with Crippen LogP contribution in [0.2, 0.25) is 0 Å². The molecule has 0 spiro atoms. The molecule has 0 aliphatic heterocycles. The number of benzene rings is 1. The second-order valence-electron chi connectivity index (χ2n) is 4.52. The number of aromatic nitrogens is 2. The van der Waals surface area contributed by atoms with Gasteiger partial charge in [0.15, 0.2) is 5.69 Å². The highest BCUT2D eigenvalue weighted by atomic mass is 19.4. The van der Waals surface area contributed by atoms with Crippen molar-refractivity contribution in [3.05, 3.63) is 41.1 Å². The molecule has 0 saturated carbocycles. The van der Waals surface area contributed by atoms with Crippen molar-refractivity contribution < 1.29 is 22.7 Å². The zero-order chi connectivity index (χ0) is 15.8. The lowest BCUT2D eigenvalue weighted by Gasteiger charge is -2.09. The maximum absolute atomic E-state index is 12.8. The molecule has 2 aromatic rings. The number of methoxy groups -OCH3 is 1. The summed E-state index contributed by atoms with van der Waals surface area (Å²) in [5.74, 6) is -0.624. The number of nitrogens with zero attached hydrogens (tertiary/aromatic N) is 2. The first kappa shape index (κ1) is 15.1. The van der Waals surface area contributed by atoms with Gasteiger partial charge in [-0.15, -0.1) is 0 Å². The highest BCUT2D eigenvalue weighted by molar-refractivity contribution is 5.91. The molecule has 0 fully saturated rings. The van der Waals surface area contributed by atoms with E-state index in [1.807, 2.05) is 0 Å². The van der Waals surface area contributed by atoms with Gasteiger partial charge in [-0.3, -0.25) is 4.68 Å². The normalized spacial score (nSPS) is 11.5. The van der Waals surface area contributed by atoms with Gasteiger partial charge in [0.1, 0.15) is 0 Å². The zero-order valence-electron chi connectivity index (χ0n) is 11.7. The summed E-state index contributed by atoms with van der Waals surface area (Å²) in [6.07, 6.45) is -4.42. The van der Waals surface area contributed by atoms with E-state index in [-0.39, 0.29) is 5.69 Å². The van der Waals surface area contributed by atoms with Crippen LogP contribution in [0.4, 0.5) is 13.2 Å². The molecule has 0 saturated heterocycles. The predicted octanol–water partition coefficient (Wildman–Crippen LogP) is 3.20. The summed E-state index contributed by atoms with van der Waals surface area (Å²) in [6.45, 7) is 1.62. The third-order valence-corrected chi connectivity index (χ3v) is 3.13. The van der Waals surface area contributed by atoms with Gasteiger partial charge in [-0.2, -0.15) is 18.3 Å². The summed E-state index contributed by atoms with van der Waals surface area (Å²) < 4.78 is 44.3. The van der Waals surface area contributed by atoms with Gasteiger partial charge in [0, 0.05) is 18.2 Å². The fourth-order valence-electron chi connectivity index (χ4n) is 2.17. The van der Waals surface area contributed by atoms with Crippen molar-refractivity contribution in [3.8, 4) is 11.3 Å². The van der Waals surface area contributed by atoms with Crippen molar-refractivity contribution in [1.29, 1.82) is 0 Å². The first-order valence-corrected chi connectivity index (χ1v) is 6.05. The Morgan fingerprint density at radius 1 is 1.33 bits per heavy atom. The molecule has 0 bridgehead atoms. The molecular formula is C14H13F3N2O2. The van der Waals surface area contributed by atoms with Crippen LogP contribution >= 0.6 is 0 Å². The van der Waals surface area contributed by atoms with Crippen LogP contribution in [0.1, 0.15) is 21.6 Å². The molecular weight excluding hydrogens is 285 g/mol. The van der Waals surface area contributed by atoms with Gasteiger partial charge in [0.25, 0.3) is 0 Å². The van der Waals surface area contributed by atoms with Gasteiger partial charge in [-0.1, -0.05) is 12.1 Å². The highest BCUT2D eigenvalue weighted by Gasteiger charge is 2.31. The van der Waals surface area contributed by atoms with Crippen LogP contribution in [0, 0.1) is 6.92 Å². The number of rotatable bonds is 2. The zero-order valence-corrected chi connectivity index (χ0v) is 11.7. The Kier molecular flexibility index (Phi) is 3.76. The predicted molar refractivity (Wildman–Crippen MR) is 69.7 cm³/mol. The van der Waals surface area contributed by atoms with E-state index in [0.29, 0.717) is 16.8 Å². The van der Waals surface area contributed by atoms with Crippen LogP contribution in [0.25, 0.3) is 11.3 Å². The number of carbonyl (C=O) groups is 1.